The number of rotatable bonds is 24. The highest BCUT2D eigenvalue weighted by Crippen LogP contribution is 2.51. The molecule has 0 bridgehead atoms. The van der Waals surface area contributed by atoms with Crippen LogP contribution in [0.5, 0.6) is 5.75 Å². The van der Waals surface area contributed by atoms with Crippen LogP contribution < -0.4 is 44.0 Å². The van der Waals surface area contributed by atoms with Crippen LogP contribution in [0.3, 0.4) is 0 Å². The highest BCUT2D eigenvalue weighted by atomic mass is 35.5. The van der Waals surface area contributed by atoms with Gasteiger partial charge >= 0.3 is 18.5 Å². The van der Waals surface area contributed by atoms with E-state index in [1.54, 1.807) is 0 Å². The van der Waals surface area contributed by atoms with Crippen LogP contribution >= 0.6 is 58.0 Å². The van der Waals surface area contributed by atoms with Gasteiger partial charge in [-0.3, -0.25) is 14.7 Å². The summed E-state index contributed by atoms with van der Waals surface area (Å²) in [5.74, 6) is 1.07. The summed E-state index contributed by atoms with van der Waals surface area (Å²) in [4.78, 5) is 32.0. The molecule has 0 unspecified atom stereocenters. The van der Waals surface area contributed by atoms with E-state index < -0.39 is 35.7 Å². The Morgan fingerprint density at radius 1 is 0.350 bits per heavy atom. The minimum atomic E-state index is -4.51. The third-order valence-corrected chi connectivity index (χ3v) is 33.6. The summed E-state index contributed by atoms with van der Waals surface area (Å²) >= 11 is 31.0. The first-order valence-electron chi connectivity index (χ1n) is 50.5. The number of ether oxygens (including phenoxy) is 1. The molecule has 32 heteroatoms. The van der Waals surface area contributed by atoms with Crippen LogP contribution in [0.4, 0.5) is 39.5 Å². The predicted molar refractivity (Wildman–Crippen MR) is 537 cm³/mol. The fourth-order valence-corrected chi connectivity index (χ4v) is 24.3. The Morgan fingerprint density at radius 2 is 0.657 bits per heavy atom. The van der Waals surface area contributed by atoms with E-state index in [0.717, 1.165) is 223 Å². The number of para-hydroxylation sites is 1. The molecule has 13 N–H and O–H groups in total. The molecule has 8 aliphatic carbocycles. The maximum absolute atomic E-state index is 13.7. The Labute approximate surface area is 842 Å². The number of aliphatic hydroxyl groups excluding tert-OH is 1. The number of benzene rings is 6. The quantitative estimate of drug-likeness (QED) is 0.0206. The van der Waals surface area contributed by atoms with Crippen LogP contribution in [0.25, 0.3) is 0 Å². The van der Waals surface area contributed by atoms with E-state index in [-0.39, 0.29) is 51.4 Å². The molecule has 0 saturated heterocycles. The summed E-state index contributed by atoms with van der Waals surface area (Å²) in [6.45, 7) is 8.96. The number of aliphatic hydroxyl groups is 1. The molecule has 8 saturated carbocycles. The van der Waals surface area contributed by atoms with Crippen molar-refractivity contribution in [3.8, 4) is 5.75 Å². The smallest absolute Gasteiger partial charge is 0.451 e. The number of nitrogens with zero attached hydrogens (tertiary/aromatic N) is 9. The van der Waals surface area contributed by atoms with E-state index in [2.05, 4.69) is 97.7 Å². The lowest BCUT2D eigenvalue weighted by atomic mass is 9.68. The van der Waals surface area contributed by atoms with Crippen LogP contribution in [0.1, 0.15) is 281 Å². The number of nitrogens with one attached hydrogen (secondary N) is 2. The van der Waals surface area contributed by atoms with Crippen molar-refractivity contribution >= 4 is 58.0 Å². The molecule has 140 heavy (non-hydrogen) atoms. The second-order valence-corrected chi connectivity index (χ2v) is 43.2. The average molecular weight is 2040 g/mol. The van der Waals surface area contributed by atoms with Gasteiger partial charge in [-0.15, -0.1) is 0 Å². The van der Waals surface area contributed by atoms with Gasteiger partial charge in [0.05, 0.1) is 29.4 Å². The maximum atomic E-state index is 13.7. The van der Waals surface area contributed by atoms with E-state index in [9.17, 15) is 39.5 Å². The lowest BCUT2D eigenvalue weighted by Crippen LogP contribution is -2.47. The topological polar surface area (TPSA) is 271 Å². The van der Waals surface area contributed by atoms with E-state index in [1.165, 1.54) is 27.8 Å². The first-order valence-corrected chi connectivity index (χ1v) is 52.4. The molecule has 0 atom stereocenters. The molecule has 9 aromatic rings. The summed E-state index contributed by atoms with van der Waals surface area (Å²) in [5, 5.41) is 19.6. The van der Waals surface area contributed by atoms with E-state index in [4.69, 9.17) is 96.5 Å². The number of fused-ring (bicyclic) bond motifs is 3. The van der Waals surface area contributed by atoms with E-state index >= 15 is 0 Å². The zero-order chi connectivity index (χ0) is 98.8. The third-order valence-electron chi connectivity index (χ3n) is 32.4. The minimum absolute atomic E-state index is 0.0717. The molecule has 8 fully saturated rings. The van der Waals surface area contributed by atoms with Gasteiger partial charge in [-0.25, -0.2) is 29.9 Å². The fourth-order valence-electron chi connectivity index (χ4n) is 23.4. The highest BCUT2D eigenvalue weighted by molar-refractivity contribution is 6.31. The second-order valence-electron chi connectivity index (χ2n) is 41.1. The van der Waals surface area contributed by atoms with Crippen LogP contribution in [-0.2, 0) is 84.5 Å². The van der Waals surface area contributed by atoms with Gasteiger partial charge in [0.2, 0.25) is 5.82 Å². The van der Waals surface area contributed by atoms with Crippen molar-refractivity contribution in [2.24, 2.45) is 28.7 Å². The Bertz CT molecular complexity index is 5330. The maximum Gasteiger partial charge on any atom is 0.451 e. The van der Waals surface area contributed by atoms with Gasteiger partial charge in [0.1, 0.15) is 24.0 Å². The molecule has 3 aliphatic heterocycles. The summed E-state index contributed by atoms with van der Waals surface area (Å²) in [5.41, 5.74) is 39.4. The second kappa shape index (κ2) is 46.2. The first-order chi connectivity index (χ1) is 67.3. The highest BCUT2D eigenvalue weighted by Gasteiger charge is 2.49. The minimum Gasteiger partial charge on any atom is -0.492 e. The van der Waals surface area contributed by atoms with E-state index in [0.29, 0.717) is 167 Å². The molecule has 6 aromatic carbocycles. The lowest BCUT2D eigenvalue weighted by molar-refractivity contribution is -0.145. The van der Waals surface area contributed by atoms with Gasteiger partial charge in [-0.1, -0.05) is 137 Å². The third kappa shape index (κ3) is 25.7. The SMILES string of the molecule is NCC1(c2cccc(Cl)c2)CCC(N2CCc3c(nc(C(F)(F)F)nc3C3CC3)C2)CC1.NCC1(c2cccc(Cl)c2)CCC(N2CCc3c(nc(C4CC4)nc3C(F)(F)F)C2)CC1.NCC1(c2cccc(Cl)c2)CCC(N2CCc3c(nc(C4CC4)nc3C(F)(F)F)C2)CC1.NCC1(c2cccc(Cl)c2)CCC(NCCO)CC1.NCC1(c2cccc(Cl)c2)CCC(NCCOc2ccccc2)CC1. The molecular weight excluding hydrogens is 1900 g/mol. The van der Waals surface area contributed by atoms with Crippen LogP contribution in [0.15, 0.2) is 152 Å². The van der Waals surface area contributed by atoms with Gasteiger partial charge in [-0.05, 0) is 292 Å². The van der Waals surface area contributed by atoms with Gasteiger partial charge < -0.3 is 49.1 Å². The molecular formula is C108H134Cl5F9N16O2. The average Bonchev–Trinajstić information content (AvgIpc) is 1.68. The molecule has 756 valence electrons. The number of hydrogen-bond acceptors (Lipinski definition) is 18. The Kier molecular flexibility index (Phi) is 34.8. The number of aromatic nitrogens is 6. The fraction of sp³-hybridized carbons (Fsp3) is 0.556. The van der Waals surface area contributed by atoms with Crippen molar-refractivity contribution in [3.63, 3.8) is 0 Å². The molecule has 11 aliphatic rings. The largest absolute Gasteiger partial charge is 0.492 e. The van der Waals surface area contributed by atoms with Gasteiger partial charge in [0, 0.05) is 196 Å². The zero-order valence-corrected chi connectivity index (χ0v) is 83.5. The van der Waals surface area contributed by atoms with Crippen LogP contribution in [0, 0.1) is 0 Å². The number of nitrogens with two attached hydrogens (primary N) is 5. The summed E-state index contributed by atoms with van der Waals surface area (Å²) in [6.07, 6.45) is 13.7. The van der Waals surface area contributed by atoms with Crippen molar-refractivity contribution < 1.29 is 49.4 Å². The molecule has 18 nitrogen and oxygen atoms in total. The van der Waals surface area contributed by atoms with Gasteiger partial charge in [0.25, 0.3) is 0 Å². The van der Waals surface area contributed by atoms with Crippen molar-refractivity contribution in [2.75, 3.05) is 78.7 Å². The van der Waals surface area contributed by atoms with Crippen molar-refractivity contribution in [1.82, 2.24) is 55.2 Å². The Hall–Kier alpha value is -7.26. The molecule has 0 amide bonds. The molecule has 20 rings (SSSR count). The van der Waals surface area contributed by atoms with Gasteiger partial charge in [-0.2, -0.15) is 39.5 Å². The van der Waals surface area contributed by atoms with Crippen molar-refractivity contribution in [2.45, 2.75) is 299 Å². The summed E-state index contributed by atoms with van der Waals surface area (Å²) in [6, 6.07) is 52.2. The number of alkyl halides is 9. The Morgan fingerprint density at radius 3 is 0.950 bits per heavy atom. The van der Waals surface area contributed by atoms with Crippen molar-refractivity contribution in [3.05, 3.63) is 273 Å². The molecule has 6 heterocycles. The van der Waals surface area contributed by atoms with Crippen molar-refractivity contribution in [1.29, 1.82) is 0 Å². The zero-order valence-electron chi connectivity index (χ0n) is 79.7. The van der Waals surface area contributed by atoms with E-state index in [1.807, 2.05) is 109 Å². The number of halogens is 14. The molecule has 3 aromatic heterocycles. The molecule has 0 spiro atoms. The predicted octanol–water partition coefficient (Wildman–Crippen LogP) is 21.9. The normalized spacial score (nSPS) is 26.2. The van der Waals surface area contributed by atoms with Crippen LogP contribution in [-0.4, -0.2) is 159 Å². The Balaban J connectivity index is 0.000000128. The van der Waals surface area contributed by atoms with Crippen LogP contribution in [0.2, 0.25) is 25.1 Å². The molecule has 0 radical (unpaired) electrons. The van der Waals surface area contributed by atoms with Gasteiger partial charge in [0.15, 0.2) is 11.4 Å². The lowest BCUT2D eigenvalue weighted by Gasteiger charge is -2.44. The summed E-state index contributed by atoms with van der Waals surface area (Å²) in [7, 11) is 0. The first kappa shape index (κ1) is 106. The monoisotopic (exact) mass is 2030 g/mol. The standard InChI is InChI=1S/3C24H28ClF3N4.C21H27ClN2O.C15H23ClN2O/c2*25-17-3-1-2-16(12-17)23(14-29)9-6-18(7-10-23)32-11-8-19-20(13-32)30-22(15-4-5-15)31-21(19)24(26,27)28;25-17-3-1-2-16(12-17)23(14-29)9-6-18(7-10-23)32-11-8-19-20(13-32)30-22(24(26,27)28)31-21(19)15-4-5-15;22-18-6-4-5-17(15-18)21(16-23)11-9-19(10-12-21)24-13-14-25-20-7-2-1-3-8-20;16-13-3-1-2-12(10-13)15(11-17)6-4-14(5-7-15)18-8-9-19/h3*1-3,12,15,18H,4-11,13-14,29H2;1-8,15,19,24H,9-14,16,23H2;1-3,10,14,18-19H,4-9,11,17H2. The summed E-state index contributed by atoms with van der Waals surface area (Å²) < 4.78 is 128. The number of hydrogen-bond donors (Lipinski definition) is 8.